The summed E-state index contributed by atoms with van der Waals surface area (Å²) in [5.41, 5.74) is 3.13. The molecule has 0 saturated heterocycles. The smallest absolute Gasteiger partial charge is 0.152 e. The molecule has 0 amide bonds. The SMILES string of the molecule is Cc1ccnc(Cl)c1NC1CCOc2ccc(Br)cc21. The second kappa shape index (κ2) is 5.62. The first kappa shape index (κ1) is 13.7. The van der Waals surface area contributed by atoms with E-state index >= 15 is 0 Å². The van der Waals surface area contributed by atoms with Crippen molar-refractivity contribution in [3.8, 4) is 5.75 Å². The molecule has 0 spiro atoms. The predicted octanol–water partition coefficient (Wildman–Crippen LogP) is 4.74. The Kier molecular flexibility index (Phi) is 3.85. The van der Waals surface area contributed by atoms with Crippen LogP contribution < -0.4 is 10.1 Å². The van der Waals surface area contributed by atoms with E-state index in [2.05, 4.69) is 32.3 Å². The van der Waals surface area contributed by atoms with Crippen LogP contribution in [0.5, 0.6) is 5.75 Å². The van der Waals surface area contributed by atoms with Crippen molar-refractivity contribution in [3.05, 3.63) is 51.2 Å². The number of nitrogens with one attached hydrogen (secondary N) is 1. The second-order valence-electron chi connectivity index (χ2n) is 4.81. The molecular weight excluding hydrogens is 340 g/mol. The first-order chi connectivity index (χ1) is 9.65. The Morgan fingerprint density at radius 3 is 3.05 bits per heavy atom. The van der Waals surface area contributed by atoms with Gasteiger partial charge >= 0.3 is 0 Å². The van der Waals surface area contributed by atoms with E-state index < -0.39 is 0 Å². The topological polar surface area (TPSA) is 34.2 Å². The Morgan fingerprint density at radius 2 is 2.25 bits per heavy atom. The van der Waals surface area contributed by atoms with E-state index in [0.717, 1.165) is 33.5 Å². The van der Waals surface area contributed by atoms with Gasteiger partial charge in [-0.05, 0) is 36.8 Å². The lowest BCUT2D eigenvalue weighted by Crippen LogP contribution is -2.21. The lowest BCUT2D eigenvalue weighted by molar-refractivity contribution is 0.274. The van der Waals surface area contributed by atoms with Gasteiger partial charge in [0.15, 0.2) is 5.15 Å². The number of aryl methyl sites for hydroxylation is 1. The third-order valence-electron chi connectivity index (χ3n) is 3.44. The van der Waals surface area contributed by atoms with E-state index in [-0.39, 0.29) is 6.04 Å². The number of aromatic nitrogens is 1. The molecule has 2 heterocycles. The highest BCUT2D eigenvalue weighted by Gasteiger charge is 2.23. The van der Waals surface area contributed by atoms with Crippen molar-refractivity contribution in [2.75, 3.05) is 11.9 Å². The van der Waals surface area contributed by atoms with Crippen molar-refractivity contribution < 1.29 is 4.74 Å². The molecule has 5 heteroatoms. The molecule has 3 rings (SSSR count). The van der Waals surface area contributed by atoms with Gasteiger partial charge in [0, 0.05) is 22.7 Å². The summed E-state index contributed by atoms with van der Waals surface area (Å²) in [5.74, 6) is 0.926. The Hall–Kier alpha value is -1.26. The number of hydrogen-bond acceptors (Lipinski definition) is 3. The lowest BCUT2D eigenvalue weighted by Gasteiger charge is -2.28. The molecule has 20 heavy (non-hydrogen) atoms. The summed E-state index contributed by atoms with van der Waals surface area (Å²) in [6, 6.07) is 8.20. The fourth-order valence-electron chi connectivity index (χ4n) is 2.39. The van der Waals surface area contributed by atoms with Crippen LogP contribution in [0.3, 0.4) is 0 Å². The van der Waals surface area contributed by atoms with Crippen molar-refractivity contribution >= 4 is 33.2 Å². The zero-order valence-corrected chi connectivity index (χ0v) is 13.3. The van der Waals surface area contributed by atoms with Gasteiger partial charge < -0.3 is 10.1 Å². The molecule has 1 aromatic heterocycles. The summed E-state index contributed by atoms with van der Waals surface area (Å²) in [4.78, 5) is 4.14. The van der Waals surface area contributed by atoms with Gasteiger partial charge in [-0.25, -0.2) is 4.98 Å². The maximum Gasteiger partial charge on any atom is 0.152 e. The fourth-order valence-corrected chi connectivity index (χ4v) is 3.03. The van der Waals surface area contributed by atoms with Gasteiger partial charge in [0.1, 0.15) is 5.75 Å². The maximum atomic E-state index is 6.19. The van der Waals surface area contributed by atoms with E-state index in [1.54, 1.807) is 6.20 Å². The van der Waals surface area contributed by atoms with E-state index in [1.807, 2.05) is 25.1 Å². The van der Waals surface area contributed by atoms with Gasteiger partial charge in [0.25, 0.3) is 0 Å². The van der Waals surface area contributed by atoms with Gasteiger partial charge in [-0.15, -0.1) is 0 Å². The monoisotopic (exact) mass is 352 g/mol. The molecule has 0 saturated carbocycles. The molecule has 1 unspecified atom stereocenters. The maximum absolute atomic E-state index is 6.19. The van der Waals surface area contributed by atoms with Crippen LogP contribution in [0.25, 0.3) is 0 Å². The number of halogens is 2. The molecule has 1 N–H and O–H groups in total. The Bertz CT molecular complexity index is 628. The van der Waals surface area contributed by atoms with Crippen LogP contribution in [0.4, 0.5) is 5.69 Å². The standard InChI is InChI=1S/C15H14BrClN2O/c1-9-4-6-18-15(17)14(9)19-12-5-7-20-13-3-2-10(16)8-11(12)13/h2-4,6,8,12,19H,5,7H2,1H3. The molecule has 0 fully saturated rings. The Balaban J connectivity index is 1.95. The summed E-state index contributed by atoms with van der Waals surface area (Å²) in [6.45, 7) is 2.72. The Morgan fingerprint density at radius 1 is 1.40 bits per heavy atom. The van der Waals surface area contributed by atoms with Crippen LogP contribution in [0.1, 0.15) is 23.6 Å². The van der Waals surface area contributed by atoms with Crippen molar-refractivity contribution in [2.45, 2.75) is 19.4 Å². The molecule has 1 aliphatic rings. The summed E-state index contributed by atoms with van der Waals surface area (Å²) >= 11 is 9.70. The van der Waals surface area contributed by atoms with Crippen LogP contribution in [0.2, 0.25) is 5.15 Å². The third kappa shape index (κ3) is 2.63. The van der Waals surface area contributed by atoms with Crippen LogP contribution in [0, 0.1) is 6.92 Å². The van der Waals surface area contributed by atoms with Crippen molar-refractivity contribution in [1.82, 2.24) is 4.98 Å². The molecule has 104 valence electrons. The zero-order chi connectivity index (χ0) is 14.1. The van der Waals surface area contributed by atoms with Crippen LogP contribution in [0.15, 0.2) is 34.9 Å². The first-order valence-electron chi connectivity index (χ1n) is 6.45. The summed E-state index contributed by atoms with van der Waals surface area (Å²) in [5, 5.41) is 4.01. The second-order valence-corrected chi connectivity index (χ2v) is 6.08. The summed E-state index contributed by atoms with van der Waals surface area (Å²) < 4.78 is 6.74. The van der Waals surface area contributed by atoms with E-state index in [1.165, 1.54) is 0 Å². The fraction of sp³-hybridized carbons (Fsp3) is 0.267. The predicted molar refractivity (Wildman–Crippen MR) is 84.6 cm³/mol. The minimum Gasteiger partial charge on any atom is -0.493 e. The molecule has 0 bridgehead atoms. The van der Waals surface area contributed by atoms with E-state index in [9.17, 15) is 0 Å². The van der Waals surface area contributed by atoms with E-state index in [4.69, 9.17) is 16.3 Å². The lowest BCUT2D eigenvalue weighted by atomic mass is 10.00. The first-order valence-corrected chi connectivity index (χ1v) is 7.62. The van der Waals surface area contributed by atoms with Gasteiger partial charge in [0.2, 0.25) is 0 Å². The largest absolute Gasteiger partial charge is 0.493 e. The molecule has 3 nitrogen and oxygen atoms in total. The molecule has 0 aliphatic carbocycles. The van der Waals surface area contributed by atoms with Crippen molar-refractivity contribution in [2.24, 2.45) is 0 Å². The zero-order valence-electron chi connectivity index (χ0n) is 11.0. The van der Waals surface area contributed by atoms with Gasteiger partial charge in [0.05, 0.1) is 18.3 Å². The number of nitrogens with zero attached hydrogens (tertiary/aromatic N) is 1. The molecule has 2 aromatic rings. The van der Waals surface area contributed by atoms with Crippen LogP contribution in [-0.2, 0) is 0 Å². The molecular formula is C15H14BrClN2O. The van der Waals surface area contributed by atoms with Crippen molar-refractivity contribution in [3.63, 3.8) is 0 Å². The average molecular weight is 354 g/mol. The highest BCUT2D eigenvalue weighted by Crippen LogP contribution is 2.37. The normalized spacial score (nSPS) is 17.2. The minimum atomic E-state index is 0.177. The van der Waals surface area contributed by atoms with E-state index in [0.29, 0.717) is 11.8 Å². The average Bonchev–Trinajstić information content (AvgIpc) is 2.43. The third-order valence-corrected chi connectivity index (χ3v) is 4.22. The van der Waals surface area contributed by atoms with Gasteiger partial charge in [-0.1, -0.05) is 27.5 Å². The minimum absolute atomic E-state index is 0.177. The molecule has 1 atom stereocenters. The van der Waals surface area contributed by atoms with Gasteiger partial charge in [-0.3, -0.25) is 0 Å². The highest BCUT2D eigenvalue weighted by atomic mass is 79.9. The quantitative estimate of drug-likeness (QED) is 0.792. The number of fused-ring (bicyclic) bond motifs is 1. The number of ether oxygens (including phenoxy) is 1. The molecule has 1 aliphatic heterocycles. The summed E-state index contributed by atoms with van der Waals surface area (Å²) in [6.07, 6.45) is 2.62. The highest BCUT2D eigenvalue weighted by molar-refractivity contribution is 9.10. The van der Waals surface area contributed by atoms with Crippen LogP contribution in [-0.4, -0.2) is 11.6 Å². The number of hydrogen-bond donors (Lipinski definition) is 1. The number of pyridine rings is 1. The number of anilines is 1. The summed E-state index contributed by atoms with van der Waals surface area (Å²) in [7, 11) is 0. The number of benzene rings is 1. The molecule has 1 aromatic carbocycles. The number of rotatable bonds is 2. The molecule has 0 radical (unpaired) electrons. The van der Waals surface area contributed by atoms with Crippen LogP contribution >= 0.6 is 27.5 Å². The van der Waals surface area contributed by atoms with Crippen molar-refractivity contribution in [1.29, 1.82) is 0 Å². The van der Waals surface area contributed by atoms with Gasteiger partial charge in [-0.2, -0.15) is 0 Å². The Labute approximate surface area is 131 Å².